The van der Waals surface area contributed by atoms with Crippen molar-refractivity contribution in [2.75, 3.05) is 6.54 Å². The summed E-state index contributed by atoms with van der Waals surface area (Å²) in [5.41, 5.74) is 1.34. The van der Waals surface area contributed by atoms with Crippen molar-refractivity contribution in [3.05, 3.63) is 33.3 Å². The van der Waals surface area contributed by atoms with E-state index in [1.165, 1.54) is 37.7 Å². The van der Waals surface area contributed by atoms with Gasteiger partial charge in [-0.1, -0.05) is 66.2 Å². The predicted molar refractivity (Wildman–Crippen MR) is 82.1 cm³/mol. The van der Waals surface area contributed by atoms with E-state index in [1.54, 1.807) is 0 Å². The largest absolute Gasteiger partial charge is 0.310 e. The minimum Gasteiger partial charge on any atom is -0.310 e. The number of rotatable bonds is 5. The maximum absolute atomic E-state index is 6.02. The van der Waals surface area contributed by atoms with Crippen molar-refractivity contribution in [1.29, 1.82) is 0 Å². The Balaban J connectivity index is 2.12. The lowest BCUT2D eigenvalue weighted by atomic mass is 9.93. The van der Waals surface area contributed by atoms with Crippen LogP contribution in [0.25, 0.3) is 0 Å². The molecule has 0 saturated heterocycles. The summed E-state index contributed by atoms with van der Waals surface area (Å²) in [4.78, 5) is 0. The number of hydrogen-bond donors (Lipinski definition) is 1. The molecule has 1 fully saturated rings. The van der Waals surface area contributed by atoms with Crippen LogP contribution in [-0.4, -0.2) is 6.54 Å². The molecule has 1 saturated carbocycles. The van der Waals surface area contributed by atoms with Gasteiger partial charge in [-0.15, -0.1) is 0 Å². The Morgan fingerprint density at radius 1 is 1.39 bits per heavy atom. The van der Waals surface area contributed by atoms with E-state index in [4.69, 9.17) is 11.6 Å². The van der Waals surface area contributed by atoms with Crippen LogP contribution < -0.4 is 5.32 Å². The summed E-state index contributed by atoms with van der Waals surface area (Å²) in [5.74, 6) is 0.886. The molecule has 2 rings (SSSR count). The van der Waals surface area contributed by atoms with E-state index < -0.39 is 0 Å². The first-order valence-corrected chi connectivity index (χ1v) is 8.06. The zero-order valence-electron chi connectivity index (χ0n) is 10.9. The van der Waals surface area contributed by atoms with Gasteiger partial charge in [-0.25, -0.2) is 0 Å². The Morgan fingerprint density at radius 3 is 2.72 bits per heavy atom. The number of nitrogens with one attached hydrogen (secondary N) is 1. The number of halogens is 2. The molecule has 1 aliphatic rings. The Labute approximate surface area is 123 Å². The molecule has 100 valence electrons. The van der Waals surface area contributed by atoms with E-state index >= 15 is 0 Å². The van der Waals surface area contributed by atoms with Crippen LogP contribution in [0.2, 0.25) is 5.02 Å². The molecule has 1 atom stereocenters. The van der Waals surface area contributed by atoms with Gasteiger partial charge in [-0.2, -0.15) is 0 Å². The molecule has 0 radical (unpaired) electrons. The molecule has 0 bridgehead atoms. The Kier molecular flexibility index (Phi) is 5.53. The van der Waals surface area contributed by atoms with Crippen molar-refractivity contribution >= 4 is 27.5 Å². The van der Waals surface area contributed by atoms with Crippen LogP contribution in [0.4, 0.5) is 0 Å². The van der Waals surface area contributed by atoms with Crippen LogP contribution in [0.5, 0.6) is 0 Å². The third-order valence-corrected chi connectivity index (χ3v) is 4.75. The molecular weight excluding hydrogens is 310 g/mol. The smallest absolute Gasteiger partial charge is 0.0417 e. The van der Waals surface area contributed by atoms with E-state index in [2.05, 4.69) is 34.2 Å². The van der Waals surface area contributed by atoms with Crippen LogP contribution in [0.3, 0.4) is 0 Å². The highest BCUT2D eigenvalue weighted by Crippen LogP contribution is 2.35. The van der Waals surface area contributed by atoms with Crippen LogP contribution in [0.15, 0.2) is 22.7 Å². The maximum Gasteiger partial charge on any atom is 0.0417 e. The van der Waals surface area contributed by atoms with Crippen LogP contribution in [-0.2, 0) is 0 Å². The molecule has 3 heteroatoms. The quantitative estimate of drug-likeness (QED) is 0.769. The summed E-state index contributed by atoms with van der Waals surface area (Å²) in [6.45, 7) is 3.18. The van der Waals surface area contributed by atoms with E-state index in [1.807, 2.05) is 12.1 Å². The molecule has 1 nitrogen and oxygen atoms in total. The van der Waals surface area contributed by atoms with Gasteiger partial charge in [-0.3, -0.25) is 0 Å². The molecule has 1 aliphatic carbocycles. The lowest BCUT2D eigenvalue weighted by molar-refractivity contribution is 0.400. The van der Waals surface area contributed by atoms with Crippen LogP contribution in [0, 0.1) is 5.92 Å². The Hall–Kier alpha value is -0.0500. The minimum atomic E-state index is 0.449. The summed E-state index contributed by atoms with van der Waals surface area (Å²) in [5, 5.41) is 4.41. The molecular formula is C15H21BrClN. The molecule has 0 spiro atoms. The highest BCUT2D eigenvalue weighted by atomic mass is 79.9. The average molecular weight is 331 g/mol. The second kappa shape index (κ2) is 6.93. The third kappa shape index (κ3) is 3.72. The van der Waals surface area contributed by atoms with Gasteiger partial charge in [0.2, 0.25) is 0 Å². The summed E-state index contributed by atoms with van der Waals surface area (Å²) in [6.07, 6.45) is 6.85. The highest BCUT2D eigenvalue weighted by molar-refractivity contribution is 9.10. The Bertz CT molecular complexity index is 388. The second-order valence-electron chi connectivity index (χ2n) is 5.16. The van der Waals surface area contributed by atoms with Crippen LogP contribution >= 0.6 is 27.5 Å². The van der Waals surface area contributed by atoms with Gasteiger partial charge in [0.1, 0.15) is 0 Å². The van der Waals surface area contributed by atoms with E-state index in [9.17, 15) is 0 Å². The van der Waals surface area contributed by atoms with Gasteiger partial charge in [-0.05, 0) is 36.6 Å². The summed E-state index contributed by atoms with van der Waals surface area (Å²) in [7, 11) is 0. The van der Waals surface area contributed by atoms with Crippen molar-refractivity contribution in [2.24, 2.45) is 5.92 Å². The normalized spacial score (nSPS) is 18.2. The molecule has 18 heavy (non-hydrogen) atoms. The first-order valence-electron chi connectivity index (χ1n) is 6.89. The fourth-order valence-corrected chi connectivity index (χ4v) is 3.89. The second-order valence-corrected chi connectivity index (χ2v) is 6.45. The molecule has 0 amide bonds. The monoisotopic (exact) mass is 329 g/mol. The molecule has 1 aromatic rings. The molecule has 1 N–H and O–H groups in total. The number of hydrogen-bond acceptors (Lipinski definition) is 1. The van der Waals surface area contributed by atoms with Gasteiger partial charge >= 0.3 is 0 Å². The van der Waals surface area contributed by atoms with Crippen molar-refractivity contribution in [2.45, 2.75) is 45.1 Å². The number of benzene rings is 1. The van der Waals surface area contributed by atoms with Gasteiger partial charge in [0, 0.05) is 15.5 Å². The van der Waals surface area contributed by atoms with Gasteiger partial charge in [0.05, 0.1) is 0 Å². The zero-order valence-corrected chi connectivity index (χ0v) is 13.2. The standard InChI is InChI=1S/C15H21BrClN/c1-2-18-15(9-11-5-3-4-6-11)13-8-7-12(17)10-14(13)16/h7-8,10-11,15,18H,2-6,9H2,1H3. The summed E-state index contributed by atoms with van der Waals surface area (Å²) >= 11 is 9.66. The van der Waals surface area contributed by atoms with Crippen LogP contribution in [0.1, 0.15) is 50.6 Å². The van der Waals surface area contributed by atoms with Crippen molar-refractivity contribution in [1.82, 2.24) is 5.32 Å². The summed E-state index contributed by atoms with van der Waals surface area (Å²) < 4.78 is 1.12. The van der Waals surface area contributed by atoms with Crippen molar-refractivity contribution in [3.63, 3.8) is 0 Å². The summed E-state index contributed by atoms with van der Waals surface area (Å²) in [6, 6.07) is 6.58. The fraction of sp³-hybridized carbons (Fsp3) is 0.600. The van der Waals surface area contributed by atoms with E-state index in [-0.39, 0.29) is 0 Å². The predicted octanol–water partition coefficient (Wildman–Crippen LogP) is 5.33. The average Bonchev–Trinajstić information content (AvgIpc) is 2.81. The first kappa shape index (κ1) is 14.4. The molecule has 0 aromatic heterocycles. The molecule has 1 aromatic carbocycles. The fourth-order valence-electron chi connectivity index (χ4n) is 2.93. The van der Waals surface area contributed by atoms with E-state index in [0.29, 0.717) is 6.04 Å². The van der Waals surface area contributed by atoms with Gasteiger partial charge in [0.25, 0.3) is 0 Å². The van der Waals surface area contributed by atoms with Crippen molar-refractivity contribution < 1.29 is 0 Å². The lowest BCUT2D eigenvalue weighted by Gasteiger charge is -2.23. The molecule has 1 unspecified atom stereocenters. The SMILES string of the molecule is CCNC(CC1CCCC1)c1ccc(Cl)cc1Br. The Morgan fingerprint density at radius 2 is 2.11 bits per heavy atom. The van der Waals surface area contributed by atoms with E-state index in [0.717, 1.165) is 22.0 Å². The lowest BCUT2D eigenvalue weighted by Crippen LogP contribution is -2.23. The third-order valence-electron chi connectivity index (χ3n) is 3.83. The maximum atomic E-state index is 6.02. The first-order chi connectivity index (χ1) is 8.70. The molecule has 0 heterocycles. The topological polar surface area (TPSA) is 12.0 Å². The van der Waals surface area contributed by atoms with Gasteiger partial charge in [0.15, 0.2) is 0 Å². The van der Waals surface area contributed by atoms with Crippen molar-refractivity contribution in [3.8, 4) is 0 Å². The molecule has 0 aliphatic heterocycles. The van der Waals surface area contributed by atoms with Gasteiger partial charge < -0.3 is 5.32 Å². The highest BCUT2D eigenvalue weighted by Gasteiger charge is 2.22. The minimum absolute atomic E-state index is 0.449. The zero-order chi connectivity index (χ0) is 13.0.